The highest BCUT2D eigenvalue weighted by Crippen LogP contribution is 2.25. The maximum Gasteiger partial charge on any atom is 0.216 e. The van der Waals surface area contributed by atoms with Crippen LogP contribution in [0.1, 0.15) is 31.2 Å². The Kier molecular flexibility index (Phi) is 7.92. The Morgan fingerprint density at radius 3 is 2.32 bits per heavy atom. The van der Waals surface area contributed by atoms with E-state index in [0.29, 0.717) is 22.2 Å². The van der Waals surface area contributed by atoms with Crippen molar-refractivity contribution in [2.75, 3.05) is 6.54 Å². The van der Waals surface area contributed by atoms with E-state index in [-0.39, 0.29) is 30.1 Å². The van der Waals surface area contributed by atoms with Crippen LogP contribution in [0.25, 0.3) is 0 Å². The molecule has 0 aliphatic heterocycles. The summed E-state index contributed by atoms with van der Waals surface area (Å²) in [7, 11) is -3.43. The van der Waals surface area contributed by atoms with Crippen molar-refractivity contribution in [3.8, 4) is 0 Å². The van der Waals surface area contributed by atoms with Gasteiger partial charge < -0.3 is 5.73 Å². The highest BCUT2D eigenvalue weighted by atomic mass is 35.5. The molecule has 1 aromatic carbocycles. The first-order valence-corrected chi connectivity index (χ1v) is 9.45. The number of hydrogen-bond acceptors (Lipinski definition) is 3. The number of nitrogens with one attached hydrogen (secondary N) is 1. The summed E-state index contributed by atoms with van der Waals surface area (Å²) >= 11 is 11.8. The maximum atomic E-state index is 12.3. The number of hydrogen-bond donors (Lipinski definition) is 2. The summed E-state index contributed by atoms with van der Waals surface area (Å²) < 4.78 is 27.4. The molecule has 0 heterocycles. The van der Waals surface area contributed by atoms with Gasteiger partial charge in [-0.05, 0) is 49.1 Å². The van der Waals surface area contributed by atoms with Gasteiger partial charge in [-0.1, -0.05) is 36.0 Å². The fraction of sp³-hybridized carbons (Fsp3) is 0.571. The van der Waals surface area contributed by atoms with Crippen LogP contribution < -0.4 is 10.5 Å². The highest BCUT2D eigenvalue weighted by molar-refractivity contribution is 7.88. The van der Waals surface area contributed by atoms with Crippen molar-refractivity contribution in [3.05, 3.63) is 33.8 Å². The van der Waals surface area contributed by atoms with E-state index >= 15 is 0 Å². The first-order valence-electron chi connectivity index (χ1n) is 7.04. The van der Waals surface area contributed by atoms with Crippen LogP contribution in [-0.2, 0) is 15.8 Å². The molecule has 2 rings (SSSR count). The largest absolute Gasteiger partial charge is 0.330 e. The van der Waals surface area contributed by atoms with Crippen molar-refractivity contribution >= 4 is 45.6 Å². The molecule has 0 bridgehead atoms. The average Bonchev–Trinajstić information content (AvgIpc) is 2.36. The second-order valence-electron chi connectivity index (χ2n) is 5.54. The van der Waals surface area contributed by atoms with Gasteiger partial charge in [-0.15, -0.1) is 12.4 Å². The lowest BCUT2D eigenvalue weighted by atomic mass is 9.85. The zero-order valence-corrected chi connectivity index (χ0v) is 15.2. The third-order valence-corrected chi connectivity index (χ3v) is 5.63. The molecule has 0 amide bonds. The second-order valence-corrected chi connectivity index (χ2v) is 8.17. The fourth-order valence-electron chi connectivity index (χ4n) is 2.83. The number of halogens is 3. The number of sulfonamides is 1. The molecule has 0 spiro atoms. The van der Waals surface area contributed by atoms with Gasteiger partial charge in [0.15, 0.2) is 0 Å². The monoisotopic (exact) mass is 386 g/mol. The number of rotatable bonds is 5. The van der Waals surface area contributed by atoms with Crippen molar-refractivity contribution in [1.82, 2.24) is 4.72 Å². The highest BCUT2D eigenvalue weighted by Gasteiger charge is 2.27. The van der Waals surface area contributed by atoms with E-state index in [0.717, 1.165) is 25.7 Å². The van der Waals surface area contributed by atoms with Gasteiger partial charge in [0.25, 0.3) is 0 Å². The molecule has 3 N–H and O–H groups in total. The van der Waals surface area contributed by atoms with Crippen LogP contribution in [0.2, 0.25) is 10.0 Å². The number of nitrogens with two attached hydrogens (primary N) is 1. The van der Waals surface area contributed by atoms with Crippen molar-refractivity contribution < 1.29 is 8.42 Å². The zero-order chi connectivity index (χ0) is 15.5. The molecule has 0 radical (unpaired) electrons. The van der Waals surface area contributed by atoms with Crippen LogP contribution in [0.3, 0.4) is 0 Å². The minimum atomic E-state index is -3.43. The average molecular weight is 388 g/mol. The lowest BCUT2D eigenvalue weighted by molar-refractivity contribution is 0.296. The van der Waals surface area contributed by atoms with Crippen molar-refractivity contribution in [1.29, 1.82) is 0 Å². The molecule has 1 aromatic rings. The molecule has 2 unspecified atom stereocenters. The van der Waals surface area contributed by atoms with Crippen LogP contribution in [0, 0.1) is 5.92 Å². The Balaban J connectivity index is 0.00000242. The molecule has 4 nitrogen and oxygen atoms in total. The van der Waals surface area contributed by atoms with Crippen LogP contribution in [-0.4, -0.2) is 21.0 Å². The summed E-state index contributed by atoms with van der Waals surface area (Å²) in [6.07, 6.45) is 3.97. The summed E-state index contributed by atoms with van der Waals surface area (Å²) in [6, 6.07) is 4.75. The molecule has 0 aromatic heterocycles. The molecule has 1 fully saturated rings. The summed E-state index contributed by atoms with van der Waals surface area (Å²) in [6.45, 7) is 0.510. The quantitative estimate of drug-likeness (QED) is 0.813. The van der Waals surface area contributed by atoms with Crippen molar-refractivity contribution in [3.63, 3.8) is 0 Å². The number of benzene rings is 1. The van der Waals surface area contributed by atoms with Crippen LogP contribution in [0.15, 0.2) is 18.2 Å². The third kappa shape index (κ3) is 5.87. The zero-order valence-electron chi connectivity index (χ0n) is 12.1. The van der Waals surface area contributed by atoms with E-state index in [1.807, 2.05) is 0 Å². The predicted molar refractivity (Wildman–Crippen MR) is 94.3 cm³/mol. The van der Waals surface area contributed by atoms with E-state index in [2.05, 4.69) is 4.72 Å². The smallest absolute Gasteiger partial charge is 0.216 e. The Morgan fingerprint density at radius 2 is 1.73 bits per heavy atom. The summed E-state index contributed by atoms with van der Waals surface area (Å²) in [5.41, 5.74) is 6.32. The fourth-order valence-corrected chi connectivity index (χ4v) is 4.86. The standard InChI is InChI=1S/C14H20Cl2N2O2S.ClH/c15-12-5-10(6-13(16)7-12)9-21(19,20)18-14-4-2-1-3-11(14)8-17;/h5-7,11,14,18H,1-4,8-9,17H2;1H. The molecule has 22 heavy (non-hydrogen) atoms. The third-order valence-electron chi connectivity index (χ3n) is 3.82. The van der Waals surface area contributed by atoms with Gasteiger partial charge >= 0.3 is 0 Å². The first kappa shape index (κ1) is 20.0. The minimum Gasteiger partial charge on any atom is -0.330 e. The molecule has 8 heteroatoms. The summed E-state index contributed by atoms with van der Waals surface area (Å²) in [4.78, 5) is 0. The first-order chi connectivity index (χ1) is 9.89. The van der Waals surface area contributed by atoms with Crippen molar-refractivity contribution in [2.45, 2.75) is 37.5 Å². The van der Waals surface area contributed by atoms with Gasteiger partial charge in [0.2, 0.25) is 10.0 Å². The van der Waals surface area contributed by atoms with E-state index in [1.54, 1.807) is 18.2 Å². The summed E-state index contributed by atoms with van der Waals surface area (Å²) in [5, 5.41) is 0.871. The SMILES string of the molecule is Cl.NCC1CCCCC1NS(=O)(=O)Cc1cc(Cl)cc(Cl)c1. The maximum absolute atomic E-state index is 12.3. The van der Waals surface area contributed by atoms with Crippen LogP contribution in [0.4, 0.5) is 0 Å². The second kappa shape index (κ2) is 8.71. The molecule has 1 saturated carbocycles. The van der Waals surface area contributed by atoms with E-state index < -0.39 is 10.0 Å². The molecule has 126 valence electrons. The van der Waals surface area contributed by atoms with Gasteiger partial charge in [0, 0.05) is 16.1 Å². The minimum absolute atomic E-state index is 0. The Labute approximate surface area is 148 Å². The molecular weight excluding hydrogens is 367 g/mol. The Hall–Kier alpha value is -0.0400. The molecule has 1 aliphatic rings. The van der Waals surface area contributed by atoms with E-state index in [4.69, 9.17) is 28.9 Å². The Bertz CT molecular complexity index is 576. The molecule has 1 aliphatic carbocycles. The normalized spacial score (nSPS) is 22.1. The summed E-state index contributed by atoms with van der Waals surface area (Å²) in [5.74, 6) is 0.0950. The molecule has 0 saturated heterocycles. The predicted octanol–water partition coefficient (Wildman–Crippen LogP) is 3.35. The van der Waals surface area contributed by atoms with Crippen molar-refractivity contribution in [2.24, 2.45) is 11.7 Å². The van der Waals surface area contributed by atoms with Crippen LogP contribution in [0.5, 0.6) is 0 Å². The Morgan fingerprint density at radius 1 is 1.14 bits per heavy atom. The van der Waals surface area contributed by atoms with E-state index in [9.17, 15) is 8.42 Å². The van der Waals surface area contributed by atoms with Gasteiger partial charge in [-0.25, -0.2) is 13.1 Å². The van der Waals surface area contributed by atoms with Gasteiger partial charge in [-0.2, -0.15) is 0 Å². The van der Waals surface area contributed by atoms with Gasteiger partial charge in [0.1, 0.15) is 0 Å². The molecule has 2 atom stereocenters. The lowest BCUT2D eigenvalue weighted by Crippen LogP contribution is -2.45. The van der Waals surface area contributed by atoms with Gasteiger partial charge in [0.05, 0.1) is 5.75 Å². The van der Waals surface area contributed by atoms with Gasteiger partial charge in [-0.3, -0.25) is 0 Å². The lowest BCUT2D eigenvalue weighted by Gasteiger charge is -2.31. The van der Waals surface area contributed by atoms with Crippen LogP contribution >= 0.6 is 35.6 Å². The topological polar surface area (TPSA) is 72.2 Å². The molecular formula is C14H21Cl3N2O2S. The van der Waals surface area contributed by atoms with E-state index in [1.165, 1.54) is 0 Å².